The van der Waals surface area contributed by atoms with Gasteiger partial charge in [-0.25, -0.2) is 4.99 Å². The minimum Gasteiger partial charge on any atom is -0.376 e. The summed E-state index contributed by atoms with van der Waals surface area (Å²) in [5.41, 5.74) is 0. The van der Waals surface area contributed by atoms with E-state index in [1.165, 1.54) is 0 Å². The number of likely N-dealkylation sites (N-methyl/N-ethyl adjacent to an activating group) is 1. The molecular formula is C21H40IN5O3. The number of hydrogen-bond acceptors (Lipinski definition) is 4. The van der Waals surface area contributed by atoms with E-state index in [0.29, 0.717) is 12.5 Å². The first kappa shape index (κ1) is 26.9. The third-order valence-electron chi connectivity index (χ3n) is 5.87. The average Bonchev–Trinajstić information content (AvgIpc) is 3.24. The molecule has 2 amide bonds. The maximum absolute atomic E-state index is 12.6. The molecular weight excluding hydrogens is 497 g/mol. The number of hydrogen-bond donors (Lipinski definition) is 2. The summed E-state index contributed by atoms with van der Waals surface area (Å²) in [6, 6.07) is 0.242. The quantitative estimate of drug-likeness (QED) is 0.281. The first-order valence-electron chi connectivity index (χ1n) is 11.1. The van der Waals surface area contributed by atoms with Crippen LogP contribution in [0, 0.1) is 5.92 Å². The Morgan fingerprint density at radius 2 is 1.83 bits per heavy atom. The second kappa shape index (κ2) is 14.1. The van der Waals surface area contributed by atoms with Crippen LogP contribution in [0.1, 0.15) is 52.4 Å². The molecule has 2 aliphatic heterocycles. The van der Waals surface area contributed by atoms with Crippen LogP contribution in [0.4, 0.5) is 0 Å². The standard InChI is InChI=1S/C21H39N5O3.HI/c1-5-16(6-2)20(28)26-11-9-17(10-12-26)24-21(23-15-19(27)25(3)4)22-14-18-8-7-13-29-18;/h16-18H,5-15H2,1-4H3,(H2,22,23,24);1H. The summed E-state index contributed by atoms with van der Waals surface area (Å²) >= 11 is 0. The molecule has 8 nitrogen and oxygen atoms in total. The molecule has 0 saturated carbocycles. The third-order valence-corrected chi connectivity index (χ3v) is 5.87. The molecule has 0 aromatic heterocycles. The fourth-order valence-electron chi connectivity index (χ4n) is 3.79. The molecule has 174 valence electrons. The van der Waals surface area contributed by atoms with Crippen molar-refractivity contribution in [2.45, 2.75) is 64.5 Å². The number of amides is 2. The molecule has 2 heterocycles. The van der Waals surface area contributed by atoms with Gasteiger partial charge in [-0.1, -0.05) is 13.8 Å². The van der Waals surface area contributed by atoms with Gasteiger partial charge in [0.25, 0.3) is 0 Å². The van der Waals surface area contributed by atoms with Gasteiger partial charge < -0.3 is 25.2 Å². The summed E-state index contributed by atoms with van der Waals surface area (Å²) < 4.78 is 5.68. The van der Waals surface area contributed by atoms with Crippen molar-refractivity contribution in [2.24, 2.45) is 10.9 Å². The third kappa shape index (κ3) is 8.56. The number of ether oxygens (including phenoxy) is 1. The van der Waals surface area contributed by atoms with E-state index in [1.807, 2.05) is 4.90 Å². The van der Waals surface area contributed by atoms with Crippen molar-refractivity contribution in [2.75, 3.05) is 46.9 Å². The number of carbonyl (C=O) groups is 2. The second-order valence-electron chi connectivity index (χ2n) is 8.23. The van der Waals surface area contributed by atoms with Gasteiger partial charge >= 0.3 is 0 Å². The normalized spacial score (nSPS) is 20.1. The summed E-state index contributed by atoms with van der Waals surface area (Å²) in [5, 5.41) is 6.80. The van der Waals surface area contributed by atoms with Crippen molar-refractivity contribution in [1.82, 2.24) is 20.4 Å². The average molecular weight is 537 g/mol. The molecule has 0 spiro atoms. The zero-order valence-corrected chi connectivity index (χ0v) is 21.3. The van der Waals surface area contributed by atoms with Crippen LogP contribution in [0.25, 0.3) is 0 Å². The summed E-state index contributed by atoms with van der Waals surface area (Å²) in [6.45, 7) is 7.31. The van der Waals surface area contributed by atoms with Crippen molar-refractivity contribution in [3.8, 4) is 0 Å². The van der Waals surface area contributed by atoms with E-state index in [0.717, 1.165) is 58.2 Å². The lowest BCUT2D eigenvalue weighted by molar-refractivity contribution is -0.136. The highest BCUT2D eigenvalue weighted by Gasteiger charge is 2.27. The number of halogens is 1. The summed E-state index contributed by atoms with van der Waals surface area (Å²) in [4.78, 5) is 32.5. The van der Waals surface area contributed by atoms with E-state index in [-0.39, 0.29) is 60.4 Å². The predicted octanol–water partition coefficient (Wildman–Crippen LogP) is 1.83. The van der Waals surface area contributed by atoms with Crippen LogP contribution in [0.2, 0.25) is 0 Å². The molecule has 30 heavy (non-hydrogen) atoms. The first-order chi connectivity index (χ1) is 13.9. The first-order valence-corrected chi connectivity index (χ1v) is 11.1. The molecule has 2 fully saturated rings. The lowest BCUT2D eigenvalue weighted by Crippen LogP contribution is -2.51. The maximum Gasteiger partial charge on any atom is 0.243 e. The molecule has 0 aromatic carbocycles. The highest BCUT2D eigenvalue weighted by molar-refractivity contribution is 14.0. The molecule has 1 atom stereocenters. The van der Waals surface area contributed by atoms with Crippen LogP contribution in [-0.2, 0) is 14.3 Å². The number of nitrogens with one attached hydrogen (secondary N) is 2. The van der Waals surface area contributed by atoms with Crippen LogP contribution in [0.3, 0.4) is 0 Å². The van der Waals surface area contributed by atoms with Crippen molar-refractivity contribution in [1.29, 1.82) is 0 Å². The Morgan fingerprint density at radius 3 is 2.37 bits per heavy atom. The van der Waals surface area contributed by atoms with Gasteiger partial charge in [0.1, 0.15) is 6.54 Å². The molecule has 2 N–H and O–H groups in total. The van der Waals surface area contributed by atoms with E-state index in [2.05, 4.69) is 29.5 Å². The SMILES string of the molecule is CCC(CC)C(=O)N1CCC(NC(=NCC(=O)N(C)C)NCC2CCCO2)CC1.I. The number of piperidine rings is 1. The number of nitrogens with zero attached hydrogens (tertiary/aromatic N) is 3. The largest absolute Gasteiger partial charge is 0.376 e. The van der Waals surface area contributed by atoms with Gasteiger partial charge in [-0.2, -0.15) is 0 Å². The Morgan fingerprint density at radius 1 is 1.17 bits per heavy atom. The van der Waals surface area contributed by atoms with E-state index >= 15 is 0 Å². The fraction of sp³-hybridized carbons (Fsp3) is 0.857. The predicted molar refractivity (Wildman–Crippen MR) is 130 cm³/mol. The summed E-state index contributed by atoms with van der Waals surface area (Å²) in [7, 11) is 3.47. The van der Waals surface area contributed by atoms with Crippen LogP contribution >= 0.6 is 24.0 Å². The van der Waals surface area contributed by atoms with Gasteiger partial charge in [-0.05, 0) is 38.5 Å². The molecule has 9 heteroatoms. The number of guanidine groups is 1. The van der Waals surface area contributed by atoms with Gasteiger partial charge in [-0.3, -0.25) is 9.59 Å². The Kier molecular flexibility index (Phi) is 12.6. The van der Waals surface area contributed by atoms with Crippen LogP contribution < -0.4 is 10.6 Å². The Balaban J connectivity index is 0.00000450. The number of rotatable bonds is 8. The number of aliphatic imine (C=N–C) groups is 1. The molecule has 1 unspecified atom stereocenters. The zero-order chi connectivity index (χ0) is 21.2. The Hall–Kier alpha value is -1.10. The van der Waals surface area contributed by atoms with Crippen molar-refractivity contribution in [3.05, 3.63) is 0 Å². The van der Waals surface area contributed by atoms with Gasteiger partial charge in [0.05, 0.1) is 6.10 Å². The molecule has 2 saturated heterocycles. The lowest BCUT2D eigenvalue weighted by atomic mass is 9.98. The monoisotopic (exact) mass is 537 g/mol. The minimum atomic E-state index is -0.0335. The van der Waals surface area contributed by atoms with Gasteiger partial charge in [0.2, 0.25) is 11.8 Å². The molecule has 2 rings (SSSR count). The Labute approximate surface area is 198 Å². The van der Waals surface area contributed by atoms with E-state index < -0.39 is 0 Å². The Bertz CT molecular complexity index is 555. The number of carbonyl (C=O) groups excluding carboxylic acids is 2. The highest BCUT2D eigenvalue weighted by Crippen LogP contribution is 2.17. The highest BCUT2D eigenvalue weighted by atomic mass is 127. The molecule has 0 aliphatic carbocycles. The molecule has 0 radical (unpaired) electrons. The molecule has 0 bridgehead atoms. The molecule has 2 aliphatic rings. The zero-order valence-electron chi connectivity index (χ0n) is 19.0. The number of likely N-dealkylation sites (tertiary alicyclic amines) is 1. The fourth-order valence-corrected chi connectivity index (χ4v) is 3.79. The van der Waals surface area contributed by atoms with Gasteiger partial charge in [0.15, 0.2) is 5.96 Å². The van der Waals surface area contributed by atoms with Crippen LogP contribution in [0.15, 0.2) is 4.99 Å². The van der Waals surface area contributed by atoms with Crippen LogP contribution in [0.5, 0.6) is 0 Å². The molecule has 0 aromatic rings. The topological polar surface area (TPSA) is 86.3 Å². The van der Waals surface area contributed by atoms with Crippen molar-refractivity contribution >= 4 is 41.8 Å². The van der Waals surface area contributed by atoms with Gasteiger partial charge in [0, 0.05) is 52.3 Å². The summed E-state index contributed by atoms with van der Waals surface area (Å²) in [6.07, 6.45) is 5.91. The van der Waals surface area contributed by atoms with E-state index in [1.54, 1.807) is 19.0 Å². The minimum absolute atomic E-state index is 0. The van der Waals surface area contributed by atoms with E-state index in [9.17, 15) is 9.59 Å². The lowest BCUT2D eigenvalue weighted by Gasteiger charge is -2.35. The van der Waals surface area contributed by atoms with Crippen LogP contribution in [-0.4, -0.2) is 86.6 Å². The van der Waals surface area contributed by atoms with Crippen molar-refractivity contribution in [3.63, 3.8) is 0 Å². The second-order valence-corrected chi connectivity index (χ2v) is 8.23. The van der Waals surface area contributed by atoms with Crippen molar-refractivity contribution < 1.29 is 14.3 Å². The smallest absolute Gasteiger partial charge is 0.243 e. The maximum atomic E-state index is 12.6. The van der Waals surface area contributed by atoms with E-state index in [4.69, 9.17) is 4.74 Å². The summed E-state index contributed by atoms with van der Waals surface area (Å²) in [5.74, 6) is 1.05. The van der Waals surface area contributed by atoms with Gasteiger partial charge in [-0.15, -0.1) is 24.0 Å².